The van der Waals surface area contributed by atoms with Gasteiger partial charge in [-0.2, -0.15) is 5.26 Å². The summed E-state index contributed by atoms with van der Waals surface area (Å²) in [5, 5.41) is 9.06. The Kier molecular flexibility index (Phi) is 5.57. The van der Waals surface area contributed by atoms with Crippen LogP contribution in [-0.4, -0.2) is 42.4 Å². The lowest BCUT2D eigenvalue weighted by molar-refractivity contribution is 0.0186. The average molecular weight is 308 g/mol. The molecule has 1 heterocycles. The molecule has 0 radical (unpaired) electrons. The Morgan fingerprint density at radius 3 is 2.86 bits per heavy atom. The van der Waals surface area contributed by atoms with Crippen LogP contribution < -0.4 is 0 Å². The van der Waals surface area contributed by atoms with Crippen molar-refractivity contribution in [3.63, 3.8) is 0 Å². The SMILES string of the molecule is COCC(Cn1c(CCCl)nc2ccc(C#N)cc21)OC. The van der Waals surface area contributed by atoms with Crippen molar-refractivity contribution < 1.29 is 9.47 Å². The van der Waals surface area contributed by atoms with Gasteiger partial charge in [-0.25, -0.2) is 4.98 Å². The largest absolute Gasteiger partial charge is 0.382 e. The lowest BCUT2D eigenvalue weighted by Crippen LogP contribution is -2.24. The number of benzene rings is 1. The van der Waals surface area contributed by atoms with E-state index in [-0.39, 0.29) is 6.10 Å². The second kappa shape index (κ2) is 7.41. The van der Waals surface area contributed by atoms with Crippen molar-refractivity contribution in [3.05, 3.63) is 29.6 Å². The van der Waals surface area contributed by atoms with E-state index in [1.807, 2.05) is 12.1 Å². The van der Waals surface area contributed by atoms with E-state index in [0.717, 1.165) is 16.9 Å². The van der Waals surface area contributed by atoms with Gasteiger partial charge < -0.3 is 14.0 Å². The number of hydrogen-bond donors (Lipinski definition) is 0. The van der Waals surface area contributed by atoms with Crippen molar-refractivity contribution in [2.45, 2.75) is 19.1 Å². The molecule has 0 fully saturated rings. The number of halogens is 1. The van der Waals surface area contributed by atoms with E-state index in [9.17, 15) is 0 Å². The Morgan fingerprint density at radius 1 is 1.43 bits per heavy atom. The molecule has 2 rings (SSSR count). The third kappa shape index (κ3) is 3.53. The number of fused-ring (bicyclic) bond motifs is 1. The molecule has 5 nitrogen and oxygen atoms in total. The summed E-state index contributed by atoms with van der Waals surface area (Å²) in [4.78, 5) is 4.60. The Morgan fingerprint density at radius 2 is 2.24 bits per heavy atom. The highest BCUT2D eigenvalue weighted by Crippen LogP contribution is 2.19. The Labute approximate surface area is 129 Å². The molecule has 1 aromatic heterocycles. The number of aromatic nitrogens is 2. The summed E-state index contributed by atoms with van der Waals surface area (Å²) < 4.78 is 12.7. The Hall–Kier alpha value is -1.61. The van der Waals surface area contributed by atoms with Gasteiger partial charge in [0.15, 0.2) is 0 Å². The maximum Gasteiger partial charge on any atom is 0.111 e. The summed E-state index contributed by atoms with van der Waals surface area (Å²) in [5.41, 5.74) is 2.40. The minimum Gasteiger partial charge on any atom is -0.382 e. The highest BCUT2D eigenvalue weighted by atomic mass is 35.5. The fourth-order valence-corrected chi connectivity index (χ4v) is 2.48. The lowest BCUT2D eigenvalue weighted by atomic mass is 10.2. The van der Waals surface area contributed by atoms with Crippen molar-refractivity contribution in [1.82, 2.24) is 9.55 Å². The lowest BCUT2D eigenvalue weighted by Gasteiger charge is -2.17. The smallest absolute Gasteiger partial charge is 0.111 e. The molecule has 0 amide bonds. The molecule has 0 aliphatic rings. The number of nitrogens with zero attached hydrogens (tertiary/aromatic N) is 3. The van der Waals surface area contributed by atoms with Gasteiger partial charge in [-0.15, -0.1) is 11.6 Å². The molecule has 1 atom stereocenters. The molecule has 0 aliphatic heterocycles. The number of ether oxygens (including phenoxy) is 2. The third-order valence-electron chi connectivity index (χ3n) is 3.35. The first kappa shape index (κ1) is 15.8. The summed E-state index contributed by atoms with van der Waals surface area (Å²) in [6.45, 7) is 1.11. The molecular formula is C15H18ClN3O2. The highest BCUT2D eigenvalue weighted by molar-refractivity contribution is 6.17. The first-order chi connectivity index (χ1) is 10.2. The summed E-state index contributed by atoms with van der Waals surface area (Å²) >= 11 is 5.86. The first-order valence-electron chi connectivity index (χ1n) is 6.70. The molecule has 2 aromatic rings. The molecule has 1 aromatic carbocycles. The molecule has 6 heteroatoms. The van der Waals surface area contributed by atoms with Gasteiger partial charge in [-0.05, 0) is 18.2 Å². The zero-order valence-corrected chi connectivity index (χ0v) is 12.9. The van der Waals surface area contributed by atoms with Crippen LogP contribution in [0.5, 0.6) is 0 Å². The minimum atomic E-state index is -0.0767. The van der Waals surface area contributed by atoms with Crippen molar-refractivity contribution in [3.8, 4) is 6.07 Å². The van der Waals surface area contributed by atoms with Crippen molar-refractivity contribution in [2.75, 3.05) is 26.7 Å². The minimum absolute atomic E-state index is 0.0767. The Balaban J connectivity index is 2.46. The van der Waals surface area contributed by atoms with E-state index in [1.54, 1.807) is 20.3 Å². The molecule has 21 heavy (non-hydrogen) atoms. The maximum atomic E-state index is 9.06. The van der Waals surface area contributed by atoms with E-state index in [2.05, 4.69) is 15.6 Å². The van der Waals surface area contributed by atoms with E-state index in [0.29, 0.717) is 31.0 Å². The molecule has 1 unspecified atom stereocenters. The number of alkyl halides is 1. The van der Waals surface area contributed by atoms with Crippen LogP contribution >= 0.6 is 11.6 Å². The van der Waals surface area contributed by atoms with Gasteiger partial charge in [0, 0.05) is 26.5 Å². The summed E-state index contributed by atoms with van der Waals surface area (Å²) in [6, 6.07) is 7.64. The highest BCUT2D eigenvalue weighted by Gasteiger charge is 2.15. The van der Waals surface area contributed by atoms with E-state index >= 15 is 0 Å². The predicted octanol–water partition coefficient (Wildman–Crippen LogP) is 2.35. The third-order valence-corrected chi connectivity index (χ3v) is 3.54. The van der Waals surface area contributed by atoms with E-state index in [4.69, 9.17) is 26.3 Å². The summed E-state index contributed by atoms with van der Waals surface area (Å²) in [5.74, 6) is 1.39. The number of aryl methyl sites for hydroxylation is 1. The fraction of sp³-hybridized carbons (Fsp3) is 0.467. The second-order valence-electron chi connectivity index (χ2n) is 4.71. The standard InChI is InChI=1S/C15H18ClN3O2/c1-20-10-12(21-2)9-19-14-7-11(8-17)3-4-13(14)18-15(19)5-6-16/h3-4,7,12H,5-6,9-10H2,1-2H3. The molecule has 0 bridgehead atoms. The number of methoxy groups -OCH3 is 2. The molecule has 0 saturated carbocycles. The number of nitriles is 1. The van der Waals surface area contributed by atoms with Gasteiger partial charge >= 0.3 is 0 Å². The molecule has 0 spiro atoms. The van der Waals surface area contributed by atoms with Gasteiger partial charge in [0.1, 0.15) is 5.82 Å². The second-order valence-corrected chi connectivity index (χ2v) is 5.08. The van der Waals surface area contributed by atoms with Crippen LogP contribution in [0.1, 0.15) is 11.4 Å². The topological polar surface area (TPSA) is 60.1 Å². The zero-order valence-electron chi connectivity index (χ0n) is 12.2. The van der Waals surface area contributed by atoms with Gasteiger partial charge in [0.2, 0.25) is 0 Å². The molecule has 0 N–H and O–H groups in total. The number of hydrogen-bond acceptors (Lipinski definition) is 4. The van der Waals surface area contributed by atoms with Crippen molar-refractivity contribution >= 4 is 22.6 Å². The van der Waals surface area contributed by atoms with Crippen molar-refractivity contribution in [2.24, 2.45) is 0 Å². The monoisotopic (exact) mass is 307 g/mol. The number of rotatable bonds is 7. The van der Waals surface area contributed by atoms with Crippen LogP contribution in [-0.2, 0) is 22.4 Å². The van der Waals surface area contributed by atoms with Crippen molar-refractivity contribution in [1.29, 1.82) is 5.26 Å². The fourth-order valence-electron chi connectivity index (χ4n) is 2.31. The molecular weight excluding hydrogens is 290 g/mol. The average Bonchev–Trinajstić information content (AvgIpc) is 2.84. The first-order valence-corrected chi connectivity index (χ1v) is 7.24. The van der Waals surface area contributed by atoms with Gasteiger partial charge in [0.25, 0.3) is 0 Å². The normalized spacial score (nSPS) is 12.5. The van der Waals surface area contributed by atoms with E-state index in [1.165, 1.54) is 0 Å². The zero-order chi connectivity index (χ0) is 15.2. The van der Waals surface area contributed by atoms with Crippen LogP contribution in [0.2, 0.25) is 0 Å². The predicted molar refractivity (Wildman–Crippen MR) is 81.5 cm³/mol. The van der Waals surface area contributed by atoms with Crippen LogP contribution in [0.4, 0.5) is 0 Å². The number of imidazole rings is 1. The van der Waals surface area contributed by atoms with Gasteiger partial charge in [-0.1, -0.05) is 0 Å². The van der Waals surface area contributed by atoms with Crippen LogP contribution in [0.15, 0.2) is 18.2 Å². The quantitative estimate of drug-likeness (QED) is 0.737. The maximum absolute atomic E-state index is 9.06. The summed E-state index contributed by atoms with van der Waals surface area (Å²) in [7, 11) is 3.30. The molecule has 112 valence electrons. The Bertz CT molecular complexity index is 648. The van der Waals surface area contributed by atoms with Gasteiger partial charge in [-0.3, -0.25) is 0 Å². The van der Waals surface area contributed by atoms with Crippen LogP contribution in [0, 0.1) is 11.3 Å². The molecule has 0 aliphatic carbocycles. The van der Waals surface area contributed by atoms with Crippen LogP contribution in [0.3, 0.4) is 0 Å². The summed E-state index contributed by atoms with van der Waals surface area (Å²) in [6.07, 6.45) is 0.592. The molecule has 0 saturated heterocycles. The van der Waals surface area contributed by atoms with E-state index < -0.39 is 0 Å². The van der Waals surface area contributed by atoms with Crippen LogP contribution in [0.25, 0.3) is 11.0 Å². The van der Waals surface area contributed by atoms with Gasteiger partial charge in [0.05, 0.1) is 41.9 Å².